The number of rotatable bonds is 5. The van der Waals surface area contributed by atoms with E-state index in [4.69, 9.17) is 5.26 Å². The van der Waals surface area contributed by atoms with E-state index < -0.39 is 11.9 Å². The van der Waals surface area contributed by atoms with E-state index in [0.717, 1.165) is 25.9 Å². The zero-order chi connectivity index (χ0) is 19.3. The molecule has 2 aromatic heterocycles. The highest BCUT2D eigenvalue weighted by molar-refractivity contribution is 5.60. The molecule has 0 atom stereocenters. The average Bonchev–Trinajstić information content (AvgIpc) is 2.67. The van der Waals surface area contributed by atoms with Gasteiger partial charge in [0.2, 0.25) is 0 Å². The van der Waals surface area contributed by atoms with Crippen LogP contribution in [-0.4, -0.2) is 39.8 Å². The molecule has 0 aliphatic carbocycles. The molecule has 0 radical (unpaired) electrons. The van der Waals surface area contributed by atoms with Gasteiger partial charge in [-0.25, -0.2) is 9.97 Å². The molecule has 142 valence electrons. The molecule has 1 aliphatic heterocycles. The summed E-state index contributed by atoms with van der Waals surface area (Å²) in [5, 5.41) is 24.4. The Morgan fingerprint density at radius 2 is 1.93 bits per heavy atom. The lowest BCUT2D eigenvalue weighted by Gasteiger charge is -2.24. The van der Waals surface area contributed by atoms with Crippen LogP contribution in [0.1, 0.15) is 24.2 Å². The smallest absolute Gasteiger partial charge is 0.383 e. The Labute approximate surface area is 153 Å². The number of alkyl halides is 3. The van der Waals surface area contributed by atoms with Crippen molar-refractivity contribution in [1.82, 2.24) is 25.5 Å². The van der Waals surface area contributed by atoms with Gasteiger partial charge < -0.3 is 16.0 Å². The Morgan fingerprint density at radius 3 is 2.56 bits per heavy atom. The van der Waals surface area contributed by atoms with E-state index in [9.17, 15) is 13.2 Å². The molecule has 3 heterocycles. The quantitative estimate of drug-likeness (QED) is 0.727. The van der Waals surface area contributed by atoms with E-state index in [1.54, 1.807) is 0 Å². The van der Waals surface area contributed by atoms with Crippen LogP contribution in [0.5, 0.6) is 0 Å². The third-order valence-corrected chi connectivity index (χ3v) is 4.12. The van der Waals surface area contributed by atoms with Crippen LogP contribution in [0.2, 0.25) is 0 Å². The van der Waals surface area contributed by atoms with Crippen molar-refractivity contribution < 1.29 is 13.2 Å². The maximum Gasteiger partial charge on any atom is 0.437 e. The fraction of sp³-hybridized carbons (Fsp3) is 0.438. The molecule has 0 amide bonds. The minimum absolute atomic E-state index is 0.0924. The summed E-state index contributed by atoms with van der Waals surface area (Å²) in [7, 11) is 0. The topological polar surface area (TPSA) is 111 Å². The van der Waals surface area contributed by atoms with Gasteiger partial charge >= 0.3 is 6.18 Å². The molecule has 11 heteroatoms. The van der Waals surface area contributed by atoms with Gasteiger partial charge in [0, 0.05) is 12.6 Å². The molecule has 8 nitrogen and oxygen atoms in total. The van der Waals surface area contributed by atoms with Crippen LogP contribution in [0.4, 0.5) is 30.5 Å². The summed E-state index contributed by atoms with van der Waals surface area (Å²) < 4.78 is 39.7. The molecule has 2 aromatic rings. The van der Waals surface area contributed by atoms with Crippen LogP contribution < -0.4 is 16.0 Å². The van der Waals surface area contributed by atoms with Crippen LogP contribution in [0.15, 0.2) is 18.5 Å². The van der Waals surface area contributed by atoms with Crippen molar-refractivity contribution in [2.75, 3.05) is 30.3 Å². The third kappa shape index (κ3) is 5.01. The second-order valence-corrected chi connectivity index (χ2v) is 6.09. The van der Waals surface area contributed by atoms with E-state index in [-0.39, 0.29) is 23.0 Å². The van der Waals surface area contributed by atoms with E-state index >= 15 is 0 Å². The van der Waals surface area contributed by atoms with Crippen LogP contribution in [0, 0.1) is 17.2 Å². The first-order valence-electron chi connectivity index (χ1n) is 8.34. The summed E-state index contributed by atoms with van der Waals surface area (Å²) in [5.41, 5.74) is -1.07. The van der Waals surface area contributed by atoms with Gasteiger partial charge in [-0.05, 0) is 31.8 Å². The van der Waals surface area contributed by atoms with Crippen molar-refractivity contribution in [1.29, 1.82) is 5.26 Å². The number of hydrogen-bond acceptors (Lipinski definition) is 8. The molecule has 0 unspecified atom stereocenters. The van der Waals surface area contributed by atoms with Crippen molar-refractivity contribution >= 4 is 17.3 Å². The number of nitrogens with one attached hydrogen (secondary N) is 3. The zero-order valence-electron chi connectivity index (χ0n) is 14.2. The molecule has 0 saturated carbocycles. The molecule has 1 fully saturated rings. The van der Waals surface area contributed by atoms with Crippen molar-refractivity contribution in [3.05, 3.63) is 29.8 Å². The SMILES string of the molecule is N#Cc1cnc(Nc2cc(NCC3CCNCC3)c(C(F)(F)F)nn2)cn1. The predicted octanol–water partition coefficient (Wildman–Crippen LogP) is 2.31. The molecule has 0 aromatic carbocycles. The summed E-state index contributed by atoms with van der Waals surface area (Å²) in [6, 6.07) is 3.08. The first-order valence-corrected chi connectivity index (χ1v) is 8.34. The molecule has 3 N–H and O–H groups in total. The van der Waals surface area contributed by atoms with Crippen LogP contribution in [0.3, 0.4) is 0 Å². The number of piperidine rings is 1. The van der Waals surface area contributed by atoms with Crippen molar-refractivity contribution in [2.24, 2.45) is 5.92 Å². The van der Waals surface area contributed by atoms with Gasteiger partial charge in [-0.3, -0.25) is 0 Å². The van der Waals surface area contributed by atoms with Crippen molar-refractivity contribution in [2.45, 2.75) is 19.0 Å². The Kier molecular flexibility index (Phi) is 5.66. The summed E-state index contributed by atoms with van der Waals surface area (Å²) in [5.74, 6) is 0.628. The van der Waals surface area contributed by atoms with Gasteiger partial charge in [0.25, 0.3) is 0 Å². The molecular weight excluding hydrogens is 361 g/mol. The fourth-order valence-electron chi connectivity index (χ4n) is 2.72. The zero-order valence-corrected chi connectivity index (χ0v) is 14.2. The van der Waals surface area contributed by atoms with Gasteiger partial charge in [-0.2, -0.15) is 18.4 Å². The van der Waals surface area contributed by atoms with E-state index in [1.165, 1.54) is 18.5 Å². The largest absolute Gasteiger partial charge is 0.437 e. The first kappa shape index (κ1) is 18.8. The van der Waals surface area contributed by atoms with Gasteiger partial charge in [0.15, 0.2) is 17.2 Å². The molecule has 0 spiro atoms. The highest BCUT2D eigenvalue weighted by atomic mass is 19.4. The van der Waals surface area contributed by atoms with Crippen LogP contribution in [0.25, 0.3) is 0 Å². The number of hydrogen-bond donors (Lipinski definition) is 3. The van der Waals surface area contributed by atoms with E-state index in [2.05, 4.69) is 36.1 Å². The lowest BCUT2D eigenvalue weighted by molar-refractivity contribution is -0.141. The second-order valence-electron chi connectivity index (χ2n) is 6.09. The van der Waals surface area contributed by atoms with Gasteiger partial charge in [-0.15, -0.1) is 10.2 Å². The summed E-state index contributed by atoms with van der Waals surface area (Å²) in [6.07, 6.45) is -0.274. The molecule has 0 bridgehead atoms. The third-order valence-electron chi connectivity index (χ3n) is 4.12. The number of aromatic nitrogens is 4. The summed E-state index contributed by atoms with van der Waals surface area (Å²) >= 11 is 0. The standard InChI is InChI=1S/C16H17F3N8/c17-16(18,19)15-12(23-7-10-1-3-21-4-2-10)5-13(26-27-15)25-14-9-22-11(6-20)8-24-14/h5,8-10,21H,1-4,7H2,(H2,23,24,25,26). The minimum atomic E-state index is -4.61. The number of nitriles is 1. The average molecular weight is 378 g/mol. The van der Waals surface area contributed by atoms with Crippen LogP contribution >= 0.6 is 0 Å². The van der Waals surface area contributed by atoms with E-state index in [1.807, 2.05) is 6.07 Å². The van der Waals surface area contributed by atoms with Crippen molar-refractivity contribution in [3.63, 3.8) is 0 Å². The normalized spacial score (nSPS) is 15.2. The maximum absolute atomic E-state index is 13.2. The Balaban J connectivity index is 1.77. The molecule has 1 aliphatic rings. The summed E-state index contributed by atoms with van der Waals surface area (Å²) in [6.45, 7) is 2.14. The molecule has 3 rings (SSSR count). The monoisotopic (exact) mass is 378 g/mol. The Bertz CT molecular complexity index is 810. The van der Waals surface area contributed by atoms with Crippen molar-refractivity contribution in [3.8, 4) is 6.07 Å². The lowest BCUT2D eigenvalue weighted by atomic mass is 9.98. The number of halogens is 3. The molecule has 27 heavy (non-hydrogen) atoms. The molecule has 1 saturated heterocycles. The first-order chi connectivity index (χ1) is 13.0. The molecular formula is C16H17F3N8. The number of anilines is 3. The Hall–Kier alpha value is -3.00. The van der Waals surface area contributed by atoms with Gasteiger partial charge in [0.1, 0.15) is 11.9 Å². The van der Waals surface area contributed by atoms with Gasteiger partial charge in [-0.1, -0.05) is 0 Å². The number of nitrogens with zero attached hydrogens (tertiary/aromatic N) is 5. The summed E-state index contributed by atoms with van der Waals surface area (Å²) in [4.78, 5) is 7.79. The lowest BCUT2D eigenvalue weighted by Crippen LogP contribution is -2.31. The highest BCUT2D eigenvalue weighted by Gasteiger charge is 2.36. The highest BCUT2D eigenvalue weighted by Crippen LogP contribution is 2.34. The maximum atomic E-state index is 13.2. The van der Waals surface area contributed by atoms with Gasteiger partial charge in [0.05, 0.1) is 18.1 Å². The Morgan fingerprint density at radius 1 is 1.15 bits per heavy atom. The minimum Gasteiger partial charge on any atom is -0.383 e. The van der Waals surface area contributed by atoms with Crippen LogP contribution in [-0.2, 0) is 6.18 Å². The predicted molar refractivity (Wildman–Crippen MR) is 91.1 cm³/mol. The second kappa shape index (κ2) is 8.13. The fourth-order valence-corrected chi connectivity index (χ4v) is 2.72. The van der Waals surface area contributed by atoms with E-state index in [0.29, 0.717) is 12.5 Å².